The lowest BCUT2D eigenvalue weighted by molar-refractivity contribution is 0.296. The number of hydrogen-bond acceptors (Lipinski definition) is 21. The van der Waals surface area contributed by atoms with Crippen molar-refractivity contribution in [2.45, 2.75) is 145 Å². The average Bonchev–Trinajstić information content (AvgIpc) is 1.63. The van der Waals surface area contributed by atoms with Gasteiger partial charge >= 0.3 is 0 Å². The van der Waals surface area contributed by atoms with Crippen molar-refractivity contribution in [3.05, 3.63) is 248 Å². The van der Waals surface area contributed by atoms with Gasteiger partial charge in [0.05, 0.1) is 55.0 Å². The third-order valence-electron chi connectivity index (χ3n) is 19.5. The molecule has 0 unspecified atom stereocenters. The molecule has 16 aromatic rings. The van der Waals surface area contributed by atoms with E-state index in [1.54, 1.807) is 42.5 Å². The third-order valence-corrected chi connectivity index (χ3v) is 19.5. The first-order chi connectivity index (χ1) is 54.7. The van der Waals surface area contributed by atoms with Gasteiger partial charge in [-0.1, -0.05) is 19.4 Å². The summed E-state index contributed by atoms with van der Waals surface area (Å²) in [6.07, 6.45) is 10.7. The smallest absolute Gasteiger partial charge is 0.271 e. The van der Waals surface area contributed by atoms with E-state index in [-0.39, 0.29) is 28.8 Å². The minimum absolute atomic E-state index is 0.121. The Morgan fingerprint density at radius 1 is 0.372 bits per heavy atom. The predicted octanol–water partition coefficient (Wildman–Crippen LogP) is 13.0. The number of benzene rings is 4. The zero-order valence-corrected chi connectivity index (χ0v) is 63.6. The largest absolute Gasteiger partial charge is 0.487 e. The molecule has 0 radical (unpaired) electrons. The monoisotopic (exact) mass is 1520 g/mol. The molecule has 16 N–H and O–H groups in total. The molecule has 0 spiro atoms. The molecule has 0 saturated carbocycles. The summed E-state index contributed by atoms with van der Waals surface area (Å²) in [7, 11) is 0. The van der Waals surface area contributed by atoms with Gasteiger partial charge in [-0.3, -0.25) is 90.3 Å². The summed E-state index contributed by atoms with van der Waals surface area (Å²) in [5, 5.41) is 66.1. The molecule has 2 aliphatic carbocycles. The van der Waals surface area contributed by atoms with Crippen molar-refractivity contribution in [3.8, 4) is 17.2 Å². The van der Waals surface area contributed by atoms with Crippen LogP contribution in [0.15, 0.2) is 141 Å². The second-order valence-electron chi connectivity index (χ2n) is 28.6. The SMILES string of the molecule is CCc1cc(Nc2cc(C)[nH]n2)nc(C(C)(C)c2ccc3c(=O)[nH][nH]c3c2)n1.Cc1cc(Nc2cc(C)[nH]n2)nc(COc2ccc3[nH][nH]c(=O)c3c2)n1.Cc1cc(Nc2cc(COc3ccc4c(=O)[nH][nH]c4c3)nc3c2CCCC3)n[nH]1.Cc1cc(Nc2cc(COc3ccc4c(=O)[nH][nH]c4c3)nc3c2CCCCC3)n[nH]1. The van der Waals surface area contributed by atoms with Gasteiger partial charge < -0.3 is 35.5 Å². The van der Waals surface area contributed by atoms with Crippen LogP contribution >= 0.6 is 0 Å². The fourth-order valence-corrected chi connectivity index (χ4v) is 13.7. The molecule has 18 rings (SSSR count). The Kier molecular flexibility index (Phi) is 21.4. The van der Waals surface area contributed by atoms with Crippen LogP contribution in [-0.4, -0.2) is 111 Å². The van der Waals surface area contributed by atoms with Crippen LogP contribution in [0.3, 0.4) is 0 Å². The lowest BCUT2D eigenvalue weighted by Gasteiger charge is -2.25. The number of hydrogen-bond donors (Lipinski definition) is 16. The zero-order chi connectivity index (χ0) is 78.3. The molecule has 2 aliphatic rings. The van der Waals surface area contributed by atoms with E-state index in [0.29, 0.717) is 86.9 Å². The fourth-order valence-electron chi connectivity index (χ4n) is 13.7. The quantitative estimate of drug-likeness (QED) is 0.0315. The second kappa shape index (κ2) is 32.6. The van der Waals surface area contributed by atoms with E-state index in [4.69, 9.17) is 34.1 Å². The molecule has 0 bridgehead atoms. The summed E-state index contributed by atoms with van der Waals surface area (Å²) < 4.78 is 17.7. The molecule has 0 atom stereocenters. The standard InChI is InChI=1S/C22H24N6O2.C21H22N6O2.C20H23N7O.C17H17N7O2/c1-13-9-21(27-25-13)24-19-10-14(23-18-6-4-2-3-5-16(18)19)12-30-15-7-8-17-20(11-15)26-28-22(17)29;1-12-8-20(26-24-12)23-18-9-13(22-17-5-3-2-4-15(17)18)11-29-14-6-7-16-19(10-14)25-27-21(16)28;1-5-13-10-16(22-17-8-11(2)24-26-17)23-19(21-13)20(3,4)12-6-7-14-15(9-12)25-27-18(14)28;1-9-5-14(19-15-6-10(2)21-23-15)20-16(18-9)8-26-11-3-4-13-12(7-11)17(25)24-22-13/h7-11H,2-6,12H2,1H3,(H2,26,28,29)(H2,23,24,25,27);6-10H,2-5,11H2,1H3,(H2,25,27,28)(H2,22,23,24,26);6-10H,5H2,1-4H3,(H2,25,27,28)(H2,21,22,23,24,26);3-7H,8H2,1-2H3,(H2,22,24,25)(H2,18,19,20,21,23). The molecule has 0 saturated heterocycles. The molecule has 578 valence electrons. The minimum Gasteiger partial charge on any atom is -0.487 e. The number of nitrogens with zero attached hydrogens (tertiary/aromatic N) is 10. The Hall–Kier alpha value is -14.1. The molecule has 33 nitrogen and oxygen atoms in total. The van der Waals surface area contributed by atoms with E-state index in [9.17, 15) is 19.2 Å². The highest BCUT2D eigenvalue weighted by Crippen LogP contribution is 2.35. The molecular weight excluding hydrogens is 1440 g/mol. The number of aryl methyl sites for hydroxylation is 8. The molecule has 113 heavy (non-hydrogen) atoms. The fraction of sp³-hybridized carbons (Fsp3) is 0.275. The number of ether oxygens (including phenoxy) is 3. The van der Waals surface area contributed by atoms with Crippen LogP contribution in [0.2, 0.25) is 0 Å². The van der Waals surface area contributed by atoms with Crippen LogP contribution in [0.25, 0.3) is 43.6 Å². The van der Waals surface area contributed by atoms with E-state index in [1.807, 2.05) is 107 Å². The summed E-state index contributed by atoms with van der Waals surface area (Å²) in [4.78, 5) is 74.9. The maximum absolute atomic E-state index is 11.8. The van der Waals surface area contributed by atoms with Gasteiger partial charge in [0.25, 0.3) is 22.2 Å². The molecule has 12 aromatic heterocycles. The molecule has 0 aliphatic heterocycles. The number of pyridine rings is 2. The number of H-pyrrole nitrogens is 12. The van der Waals surface area contributed by atoms with Crippen LogP contribution < -0.4 is 57.7 Å². The van der Waals surface area contributed by atoms with Crippen LogP contribution in [0, 0.1) is 34.6 Å². The Morgan fingerprint density at radius 2 is 0.805 bits per heavy atom. The number of aromatic amines is 12. The van der Waals surface area contributed by atoms with Crippen LogP contribution in [0.5, 0.6) is 17.2 Å². The van der Waals surface area contributed by atoms with Gasteiger partial charge in [0.2, 0.25) is 0 Å². The Bertz CT molecular complexity index is 6330. The van der Waals surface area contributed by atoms with Crippen molar-refractivity contribution < 1.29 is 14.2 Å². The van der Waals surface area contributed by atoms with Gasteiger partial charge in [-0.15, -0.1) is 0 Å². The topological polar surface area (TPSA) is 462 Å². The average molecular weight is 1520 g/mol. The summed E-state index contributed by atoms with van der Waals surface area (Å²) in [5.74, 6) is 7.54. The third kappa shape index (κ3) is 17.6. The summed E-state index contributed by atoms with van der Waals surface area (Å²) in [6, 6.07) is 37.4. The van der Waals surface area contributed by atoms with Crippen molar-refractivity contribution in [3.63, 3.8) is 0 Å². The van der Waals surface area contributed by atoms with E-state index in [1.165, 1.54) is 30.4 Å². The van der Waals surface area contributed by atoms with E-state index >= 15 is 0 Å². The van der Waals surface area contributed by atoms with E-state index < -0.39 is 5.41 Å². The summed E-state index contributed by atoms with van der Waals surface area (Å²) in [6.45, 7) is 16.8. The van der Waals surface area contributed by atoms with Crippen LogP contribution in [-0.2, 0) is 57.3 Å². The highest BCUT2D eigenvalue weighted by atomic mass is 16.5. The van der Waals surface area contributed by atoms with Crippen molar-refractivity contribution in [2.75, 3.05) is 21.3 Å². The van der Waals surface area contributed by atoms with Gasteiger partial charge in [-0.25, -0.2) is 19.9 Å². The van der Waals surface area contributed by atoms with Crippen molar-refractivity contribution in [1.82, 2.24) is 111 Å². The normalized spacial score (nSPS) is 12.6. The van der Waals surface area contributed by atoms with Gasteiger partial charge in [0.15, 0.2) is 29.1 Å². The van der Waals surface area contributed by atoms with Crippen molar-refractivity contribution in [1.29, 1.82) is 0 Å². The van der Waals surface area contributed by atoms with E-state index in [0.717, 1.165) is 153 Å². The van der Waals surface area contributed by atoms with Crippen LogP contribution in [0.4, 0.5) is 46.3 Å². The van der Waals surface area contributed by atoms with Gasteiger partial charge in [-0.05, 0) is 190 Å². The minimum atomic E-state index is -0.453. The predicted molar refractivity (Wildman–Crippen MR) is 432 cm³/mol. The molecule has 33 heteroatoms. The number of fused-ring (bicyclic) bond motifs is 6. The first-order valence-corrected chi connectivity index (χ1v) is 37.4. The summed E-state index contributed by atoms with van der Waals surface area (Å²) >= 11 is 0. The Morgan fingerprint density at radius 3 is 1.32 bits per heavy atom. The first kappa shape index (κ1) is 74.3. The van der Waals surface area contributed by atoms with Crippen molar-refractivity contribution in [2.24, 2.45) is 0 Å². The lowest BCUT2D eigenvalue weighted by atomic mass is 9.83. The van der Waals surface area contributed by atoms with Gasteiger partial charge in [-0.2, -0.15) is 20.4 Å². The maximum Gasteiger partial charge on any atom is 0.271 e. The lowest BCUT2D eigenvalue weighted by Crippen LogP contribution is -2.23. The van der Waals surface area contributed by atoms with Gasteiger partial charge in [0, 0.05) is 111 Å². The number of aromatic nitrogens is 22. The van der Waals surface area contributed by atoms with Crippen molar-refractivity contribution >= 4 is 89.9 Å². The van der Waals surface area contributed by atoms with Crippen LogP contribution in [0.1, 0.15) is 138 Å². The maximum atomic E-state index is 11.8. The molecular formula is C80H86N26O7. The van der Waals surface area contributed by atoms with Gasteiger partial charge in [0.1, 0.15) is 54.5 Å². The Labute approximate surface area is 644 Å². The second-order valence-corrected chi connectivity index (χ2v) is 28.6. The first-order valence-electron chi connectivity index (χ1n) is 37.4. The summed E-state index contributed by atoms with van der Waals surface area (Å²) in [5.41, 5.74) is 17.3. The van der Waals surface area contributed by atoms with E-state index in [2.05, 4.69) is 140 Å². The highest BCUT2D eigenvalue weighted by molar-refractivity contribution is 5.82. The number of rotatable bonds is 20. The number of anilines is 8. The molecule has 12 heterocycles. The molecule has 0 amide bonds. The molecule has 0 fully saturated rings. The Balaban J connectivity index is 0.000000119. The highest BCUT2D eigenvalue weighted by Gasteiger charge is 2.29. The zero-order valence-electron chi connectivity index (χ0n) is 63.6. The number of nitrogens with one attached hydrogen (secondary N) is 16. The molecule has 4 aromatic carbocycles.